The van der Waals surface area contributed by atoms with Crippen molar-refractivity contribution in [2.24, 2.45) is 0 Å². The fourth-order valence-electron chi connectivity index (χ4n) is 7.15. The molecule has 0 radical (unpaired) electrons. The van der Waals surface area contributed by atoms with Crippen molar-refractivity contribution in [1.29, 1.82) is 0 Å². The topological polar surface area (TPSA) is 48.9 Å². The van der Waals surface area contributed by atoms with E-state index >= 15 is 0 Å². The third-order valence-corrected chi connectivity index (χ3v) is 17.0. The van der Waals surface area contributed by atoms with E-state index in [1.165, 1.54) is 36.9 Å². The van der Waals surface area contributed by atoms with Crippen LogP contribution < -0.4 is 9.80 Å². The van der Waals surface area contributed by atoms with Crippen LogP contribution in [-0.4, -0.2) is 75.8 Å². The lowest BCUT2D eigenvalue weighted by atomic mass is 9.81. The largest absolute Gasteiger partial charge is 0.416 e. The van der Waals surface area contributed by atoms with Gasteiger partial charge in [0.25, 0.3) is 0 Å². The lowest BCUT2D eigenvalue weighted by Crippen LogP contribution is -2.63. The first-order chi connectivity index (χ1) is 23.6. The molecule has 6 nitrogen and oxygen atoms in total. The number of hydrogen-bond donors (Lipinski definition) is 0. The van der Waals surface area contributed by atoms with Gasteiger partial charge < -0.3 is 14.5 Å². The molecule has 2 aromatic carbocycles. The van der Waals surface area contributed by atoms with Crippen LogP contribution in [0.2, 0.25) is 24.2 Å². The Morgan fingerprint density at radius 3 is 2.31 bits per heavy atom. The number of pyridine rings is 1. The highest BCUT2D eigenvalue weighted by Crippen LogP contribution is 2.43. The molecule has 2 aliphatic heterocycles. The number of piperazine rings is 1. The number of carbonyl (C=O) groups is 1. The number of amides is 1. The van der Waals surface area contributed by atoms with Crippen LogP contribution in [0.4, 0.5) is 33.5 Å². The van der Waals surface area contributed by atoms with E-state index in [-0.39, 0.29) is 28.2 Å². The highest BCUT2D eigenvalue weighted by atomic mass is 28.3. The predicted molar refractivity (Wildman–Crippen MR) is 196 cm³/mol. The minimum absolute atomic E-state index is 0.0481. The number of aromatic nitrogens is 1. The molecular weight excluding hydrogens is 680 g/mol. The number of nitrogens with zero attached hydrogens (tertiary/aromatic N) is 4. The minimum Gasteiger partial charge on any atom is -0.378 e. The number of aryl methyl sites for hydroxylation is 1. The van der Waals surface area contributed by atoms with Gasteiger partial charge in [-0.1, -0.05) is 46.0 Å². The monoisotopic (exact) mass is 730 g/mol. The van der Waals surface area contributed by atoms with Crippen LogP contribution in [0.25, 0.3) is 11.1 Å². The molecule has 5 rings (SSSR count). The van der Waals surface area contributed by atoms with E-state index in [0.717, 1.165) is 37.1 Å². The number of anilines is 2. The Bertz CT molecular complexity index is 1760. The van der Waals surface area contributed by atoms with Gasteiger partial charge >= 0.3 is 6.18 Å². The summed E-state index contributed by atoms with van der Waals surface area (Å²) in [5.74, 6) is -0.170. The maximum atomic E-state index is 14.4. The first kappa shape index (κ1) is 38.9. The zero-order valence-electron chi connectivity index (χ0n) is 31.2. The van der Waals surface area contributed by atoms with E-state index in [1.807, 2.05) is 6.07 Å². The molecule has 0 bridgehead atoms. The van der Waals surface area contributed by atoms with E-state index in [0.29, 0.717) is 42.1 Å². The zero-order valence-corrected chi connectivity index (χ0v) is 32.2. The third kappa shape index (κ3) is 8.02. The molecule has 0 unspecified atom stereocenters. The first-order valence-electron chi connectivity index (χ1n) is 17.5. The highest BCUT2D eigenvalue weighted by molar-refractivity contribution is 6.80. The summed E-state index contributed by atoms with van der Waals surface area (Å²) in [6.45, 7) is 19.4. The van der Waals surface area contributed by atoms with Gasteiger partial charge in [0.1, 0.15) is 18.3 Å². The Kier molecular flexibility index (Phi) is 10.8. The van der Waals surface area contributed by atoms with Crippen molar-refractivity contribution in [2.75, 3.05) is 49.7 Å². The summed E-state index contributed by atoms with van der Waals surface area (Å²) in [6, 6.07) is 10.8. The van der Waals surface area contributed by atoms with Crippen molar-refractivity contribution >= 4 is 25.5 Å². The van der Waals surface area contributed by atoms with E-state index < -0.39 is 43.6 Å². The number of alkyl halides is 4. The third-order valence-electron chi connectivity index (χ3n) is 11.5. The first-order valence-corrected chi connectivity index (χ1v) is 20.8. The number of rotatable bonds is 8. The van der Waals surface area contributed by atoms with Crippen molar-refractivity contribution < 1.29 is 31.5 Å². The van der Waals surface area contributed by atoms with Gasteiger partial charge in [0.15, 0.2) is 0 Å². The summed E-state index contributed by atoms with van der Waals surface area (Å²) in [6.07, 6.45) is -3.08. The van der Waals surface area contributed by atoms with Gasteiger partial charge in [-0.2, -0.15) is 13.2 Å². The average molecular weight is 731 g/mol. The van der Waals surface area contributed by atoms with Crippen LogP contribution in [0.15, 0.2) is 48.7 Å². The molecule has 3 heterocycles. The van der Waals surface area contributed by atoms with Crippen molar-refractivity contribution in [2.45, 2.75) is 96.1 Å². The molecule has 51 heavy (non-hydrogen) atoms. The minimum atomic E-state index is -4.71. The lowest BCUT2D eigenvalue weighted by molar-refractivity contribution is -0.137. The summed E-state index contributed by atoms with van der Waals surface area (Å²) in [5, 5.41) is 0.175. The van der Waals surface area contributed by atoms with E-state index in [2.05, 4.69) is 43.7 Å². The van der Waals surface area contributed by atoms with Gasteiger partial charge in [-0.25, -0.2) is 13.8 Å². The van der Waals surface area contributed by atoms with Crippen molar-refractivity contribution in [3.63, 3.8) is 0 Å². The Morgan fingerprint density at radius 2 is 1.69 bits per heavy atom. The summed E-state index contributed by atoms with van der Waals surface area (Å²) in [4.78, 5) is 25.6. The standard InChI is InChI=1S/C39H51F5N4O2Si/c1-25-14-29(41)10-11-32(25)33-18-35(48-22-30-23-50-13-12-47(30)21-31(48)24-51(8,9)37(2,3)4)45-20-34(33)46(7)36(49)38(5,6)27-15-26(19-40)16-28(17-27)39(42,43)44/h10-11,14-18,20,30-31H,12-13,19,21-24H2,1-9H3/t30-,31+/m1/s1. The van der Waals surface area contributed by atoms with Crippen LogP contribution in [-0.2, 0) is 27.8 Å². The van der Waals surface area contributed by atoms with Crippen LogP contribution >= 0.6 is 0 Å². The smallest absolute Gasteiger partial charge is 0.378 e. The zero-order chi connectivity index (χ0) is 37.7. The highest BCUT2D eigenvalue weighted by Gasteiger charge is 2.44. The Balaban J connectivity index is 1.60. The van der Waals surface area contributed by atoms with Crippen molar-refractivity contribution in [3.05, 3.63) is 76.7 Å². The number of likely N-dealkylation sites (N-methyl/N-ethyl adjacent to an activating group) is 1. The fourth-order valence-corrected chi connectivity index (χ4v) is 9.29. The second-order valence-electron chi connectivity index (χ2n) is 16.4. The predicted octanol–water partition coefficient (Wildman–Crippen LogP) is 9.02. The SMILES string of the molecule is Cc1cc(F)ccc1-c1cc(N2C[C@@H]3COCCN3C[C@H]2C[Si](C)(C)C(C)(C)C)ncc1N(C)C(=O)C(C)(C)c1cc(CF)cc(C(F)(F)F)c1. The lowest BCUT2D eigenvalue weighted by Gasteiger charge is -2.51. The Labute approximate surface area is 300 Å². The molecule has 278 valence electrons. The van der Waals surface area contributed by atoms with Gasteiger partial charge in [0, 0.05) is 38.3 Å². The van der Waals surface area contributed by atoms with Gasteiger partial charge in [-0.15, -0.1) is 0 Å². The van der Waals surface area contributed by atoms with Crippen LogP contribution in [0.1, 0.15) is 56.9 Å². The quantitative estimate of drug-likeness (QED) is 0.171. The Morgan fingerprint density at radius 1 is 1.00 bits per heavy atom. The fraction of sp³-hybridized carbons (Fsp3) is 0.538. The van der Waals surface area contributed by atoms with Gasteiger partial charge in [-0.3, -0.25) is 9.69 Å². The molecule has 0 spiro atoms. The molecule has 0 N–H and O–H groups in total. The molecule has 2 atom stereocenters. The Hall–Kier alpha value is -3.35. The van der Waals surface area contributed by atoms with Gasteiger partial charge in [0.05, 0.1) is 50.2 Å². The second kappa shape index (κ2) is 14.2. The number of benzene rings is 2. The molecule has 12 heteroatoms. The number of halogens is 5. The van der Waals surface area contributed by atoms with Crippen LogP contribution in [0.5, 0.6) is 0 Å². The number of hydrogen-bond acceptors (Lipinski definition) is 5. The summed E-state index contributed by atoms with van der Waals surface area (Å²) >= 11 is 0. The maximum absolute atomic E-state index is 14.4. The molecule has 2 saturated heterocycles. The number of ether oxygens (including phenoxy) is 1. The van der Waals surface area contributed by atoms with Crippen LogP contribution in [0, 0.1) is 12.7 Å². The normalized spacial score (nSPS) is 19.2. The van der Waals surface area contributed by atoms with Crippen LogP contribution in [0.3, 0.4) is 0 Å². The number of fused-ring (bicyclic) bond motifs is 1. The molecule has 1 amide bonds. The van der Waals surface area contributed by atoms with E-state index in [9.17, 15) is 26.7 Å². The second-order valence-corrected chi connectivity index (χ2v) is 22.1. The molecular formula is C39H51F5N4O2Si. The van der Waals surface area contributed by atoms with Gasteiger partial charge in [0.2, 0.25) is 5.91 Å². The molecule has 3 aromatic rings. The number of morpholine rings is 1. The van der Waals surface area contributed by atoms with E-state index in [4.69, 9.17) is 9.72 Å². The summed E-state index contributed by atoms with van der Waals surface area (Å²) in [5.41, 5.74) is -0.176. The van der Waals surface area contributed by atoms with Crippen molar-refractivity contribution in [1.82, 2.24) is 9.88 Å². The molecule has 2 aliphatic rings. The van der Waals surface area contributed by atoms with E-state index in [1.54, 1.807) is 26.2 Å². The summed E-state index contributed by atoms with van der Waals surface area (Å²) in [7, 11) is -0.191. The number of carbonyl (C=O) groups excluding carboxylic acids is 1. The van der Waals surface area contributed by atoms with Gasteiger partial charge in [-0.05, 0) is 84.4 Å². The summed E-state index contributed by atoms with van der Waals surface area (Å²) < 4.78 is 75.4. The molecule has 0 aliphatic carbocycles. The average Bonchev–Trinajstić information content (AvgIpc) is 3.05. The maximum Gasteiger partial charge on any atom is 0.416 e. The molecule has 1 aromatic heterocycles. The van der Waals surface area contributed by atoms with Crippen molar-refractivity contribution in [3.8, 4) is 11.1 Å². The molecule has 0 saturated carbocycles. The molecule has 2 fully saturated rings.